The molecule has 1 atom stereocenters. The molecule has 0 aliphatic heterocycles. The van der Waals surface area contributed by atoms with Crippen LogP contribution in [0, 0.1) is 16.0 Å². The van der Waals surface area contributed by atoms with Crippen LogP contribution >= 0.6 is 0 Å². The van der Waals surface area contributed by atoms with Crippen LogP contribution in [0.15, 0.2) is 30.6 Å². The molecule has 2 rings (SSSR count). The number of carbonyl (C=O) groups is 1. The maximum Gasteiger partial charge on any atom is 0.308 e. The minimum Gasteiger partial charge on any atom is -0.481 e. The van der Waals surface area contributed by atoms with Gasteiger partial charge < -0.3 is 10.4 Å². The molecule has 0 aliphatic rings. The van der Waals surface area contributed by atoms with E-state index in [4.69, 9.17) is 5.11 Å². The number of aliphatic carboxylic acids is 1. The number of rotatable bonds is 6. The molecule has 0 fully saturated rings. The summed E-state index contributed by atoms with van der Waals surface area (Å²) in [5.74, 6) is -1.37. The third-order valence-corrected chi connectivity index (χ3v) is 3.37. The van der Waals surface area contributed by atoms with Crippen LogP contribution in [0.25, 0.3) is 10.8 Å². The van der Waals surface area contributed by atoms with Crippen molar-refractivity contribution >= 4 is 28.1 Å². The maximum absolute atomic E-state index is 11.0. The smallest absolute Gasteiger partial charge is 0.308 e. The molecule has 1 heterocycles. The molecule has 0 radical (unpaired) electrons. The van der Waals surface area contributed by atoms with E-state index in [2.05, 4.69) is 10.3 Å². The Hall–Kier alpha value is -2.70. The molecule has 2 aromatic rings. The quantitative estimate of drug-likeness (QED) is 0.625. The monoisotopic (exact) mass is 289 g/mol. The van der Waals surface area contributed by atoms with Crippen molar-refractivity contribution < 1.29 is 14.8 Å². The number of hydrogen-bond acceptors (Lipinski definition) is 5. The fourth-order valence-electron chi connectivity index (χ4n) is 2.13. The predicted molar refractivity (Wildman–Crippen MR) is 78.3 cm³/mol. The molecular weight excluding hydrogens is 274 g/mol. The average molecular weight is 289 g/mol. The number of benzene rings is 1. The SMILES string of the molecule is CCC(CNc1ccc([N+](=O)[O-])c2ccncc12)C(=O)O. The van der Waals surface area contributed by atoms with Crippen molar-refractivity contribution in [2.24, 2.45) is 5.92 Å². The minimum absolute atomic E-state index is 0.00299. The van der Waals surface area contributed by atoms with Crippen LogP contribution < -0.4 is 5.32 Å². The highest BCUT2D eigenvalue weighted by molar-refractivity contribution is 5.99. The summed E-state index contributed by atoms with van der Waals surface area (Å²) in [6.07, 6.45) is 3.53. The lowest BCUT2D eigenvalue weighted by atomic mass is 10.1. The molecule has 110 valence electrons. The average Bonchev–Trinajstić information content (AvgIpc) is 2.47. The third kappa shape index (κ3) is 3.07. The zero-order valence-corrected chi connectivity index (χ0v) is 11.4. The van der Waals surface area contributed by atoms with Crippen molar-refractivity contribution in [3.63, 3.8) is 0 Å². The van der Waals surface area contributed by atoms with Gasteiger partial charge in [-0.1, -0.05) is 6.92 Å². The summed E-state index contributed by atoms with van der Waals surface area (Å²) in [6, 6.07) is 4.57. The molecule has 1 unspecified atom stereocenters. The highest BCUT2D eigenvalue weighted by Gasteiger charge is 2.17. The first-order valence-corrected chi connectivity index (χ1v) is 6.52. The summed E-state index contributed by atoms with van der Waals surface area (Å²) < 4.78 is 0. The molecular formula is C14H15N3O4. The van der Waals surface area contributed by atoms with Crippen LogP contribution in [-0.2, 0) is 4.79 Å². The van der Waals surface area contributed by atoms with Crippen molar-refractivity contribution in [1.29, 1.82) is 0 Å². The first-order chi connectivity index (χ1) is 10.0. The number of nitrogens with one attached hydrogen (secondary N) is 1. The van der Waals surface area contributed by atoms with Gasteiger partial charge in [-0.25, -0.2) is 0 Å². The number of carboxylic acids is 1. The van der Waals surface area contributed by atoms with Crippen molar-refractivity contribution in [3.8, 4) is 0 Å². The van der Waals surface area contributed by atoms with Gasteiger partial charge in [0.05, 0.1) is 16.2 Å². The Morgan fingerprint density at radius 1 is 1.43 bits per heavy atom. The Labute approximate surface area is 120 Å². The zero-order chi connectivity index (χ0) is 15.4. The first kappa shape index (κ1) is 14.7. The molecule has 2 N–H and O–H groups in total. The molecule has 0 aliphatic carbocycles. The van der Waals surface area contributed by atoms with Crippen molar-refractivity contribution in [2.75, 3.05) is 11.9 Å². The van der Waals surface area contributed by atoms with Crippen LogP contribution in [0.5, 0.6) is 0 Å². The number of anilines is 1. The largest absolute Gasteiger partial charge is 0.481 e. The molecule has 0 amide bonds. The predicted octanol–water partition coefficient (Wildman–Crippen LogP) is 2.67. The van der Waals surface area contributed by atoms with E-state index < -0.39 is 16.8 Å². The number of nitrogens with zero attached hydrogens (tertiary/aromatic N) is 2. The molecule has 0 spiro atoms. The van der Waals surface area contributed by atoms with E-state index in [1.807, 2.05) is 0 Å². The lowest BCUT2D eigenvalue weighted by Gasteiger charge is -2.13. The van der Waals surface area contributed by atoms with Gasteiger partial charge in [0.15, 0.2) is 0 Å². The fourth-order valence-corrected chi connectivity index (χ4v) is 2.13. The van der Waals surface area contributed by atoms with Gasteiger partial charge in [-0.05, 0) is 18.6 Å². The number of carboxylic acid groups (broad SMARTS) is 1. The molecule has 0 saturated carbocycles. The third-order valence-electron chi connectivity index (χ3n) is 3.37. The Kier molecular flexibility index (Phi) is 4.32. The number of non-ortho nitro benzene ring substituents is 1. The maximum atomic E-state index is 11.0. The van der Waals surface area contributed by atoms with Gasteiger partial charge in [-0.3, -0.25) is 19.9 Å². The molecule has 1 aromatic carbocycles. The topological polar surface area (TPSA) is 105 Å². The highest BCUT2D eigenvalue weighted by atomic mass is 16.6. The van der Waals surface area contributed by atoms with Crippen molar-refractivity contribution in [2.45, 2.75) is 13.3 Å². The Bertz CT molecular complexity index is 687. The second-order valence-electron chi connectivity index (χ2n) is 4.63. The lowest BCUT2D eigenvalue weighted by molar-refractivity contribution is -0.383. The van der Waals surface area contributed by atoms with Crippen LogP contribution in [0.4, 0.5) is 11.4 Å². The van der Waals surface area contributed by atoms with E-state index in [-0.39, 0.29) is 12.2 Å². The Balaban J connectivity index is 2.35. The lowest BCUT2D eigenvalue weighted by Crippen LogP contribution is -2.22. The molecule has 0 bridgehead atoms. The molecule has 0 saturated heterocycles. The molecule has 21 heavy (non-hydrogen) atoms. The molecule has 1 aromatic heterocycles. The number of nitro groups is 1. The van der Waals surface area contributed by atoms with Crippen LogP contribution in [0.1, 0.15) is 13.3 Å². The van der Waals surface area contributed by atoms with Crippen molar-refractivity contribution in [3.05, 3.63) is 40.7 Å². The molecule has 7 heteroatoms. The summed E-state index contributed by atoms with van der Waals surface area (Å²) in [7, 11) is 0. The number of aromatic nitrogens is 1. The van der Waals surface area contributed by atoms with Crippen LogP contribution in [0.3, 0.4) is 0 Å². The number of pyridine rings is 1. The van der Waals surface area contributed by atoms with E-state index in [1.54, 1.807) is 19.1 Å². The van der Waals surface area contributed by atoms with Gasteiger partial charge >= 0.3 is 5.97 Å². The van der Waals surface area contributed by atoms with Gasteiger partial charge in [0.1, 0.15) is 0 Å². The summed E-state index contributed by atoms with van der Waals surface area (Å²) in [6.45, 7) is 2.06. The van der Waals surface area contributed by atoms with Gasteiger partial charge in [0, 0.05) is 36.1 Å². The summed E-state index contributed by atoms with van der Waals surface area (Å²) in [4.78, 5) is 25.6. The number of fused-ring (bicyclic) bond motifs is 1. The normalized spacial score (nSPS) is 12.0. The summed E-state index contributed by atoms with van der Waals surface area (Å²) in [5, 5.41) is 24.2. The second kappa shape index (κ2) is 6.17. The fraction of sp³-hybridized carbons (Fsp3) is 0.286. The molecule has 7 nitrogen and oxygen atoms in total. The second-order valence-corrected chi connectivity index (χ2v) is 4.63. The van der Waals surface area contributed by atoms with E-state index in [0.717, 1.165) is 0 Å². The van der Waals surface area contributed by atoms with Gasteiger partial charge in [-0.15, -0.1) is 0 Å². The Morgan fingerprint density at radius 2 is 2.19 bits per heavy atom. The Morgan fingerprint density at radius 3 is 2.81 bits per heavy atom. The van der Waals surface area contributed by atoms with E-state index in [1.165, 1.54) is 18.5 Å². The van der Waals surface area contributed by atoms with E-state index in [9.17, 15) is 14.9 Å². The van der Waals surface area contributed by atoms with Crippen molar-refractivity contribution in [1.82, 2.24) is 4.98 Å². The summed E-state index contributed by atoms with van der Waals surface area (Å²) >= 11 is 0. The number of nitro benzene ring substituents is 1. The van der Waals surface area contributed by atoms with Crippen LogP contribution in [-0.4, -0.2) is 27.5 Å². The highest BCUT2D eigenvalue weighted by Crippen LogP contribution is 2.30. The standard InChI is InChI=1S/C14H15N3O4/c1-2-9(14(18)19)7-16-12-3-4-13(17(20)21)10-5-6-15-8-11(10)12/h3-6,8-9,16H,2,7H2,1H3,(H,18,19). The number of hydrogen-bond donors (Lipinski definition) is 2. The van der Waals surface area contributed by atoms with Gasteiger partial charge in [0.2, 0.25) is 0 Å². The van der Waals surface area contributed by atoms with Gasteiger partial charge in [0.25, 0.3) is 5.69 Å². The first-order valence-electron chi connectivity index (χ1n) is 6.52. The van der Waals surface area contributed by atoms with E-state index >= 15 is 0 Å². The van der Waals surface area contributed by atoms with Crippen LogP contribution in [0.2, 0.25) is 0 Å². The van der Waals surface area contributed by atoms with E-state index in [0.29, 0.717) is 22.9 Å². The van der Waals surface area contributed by atoms with Gasteiger partial charge in [-0.2, -0.15) is 0 Å². The summed E-state index contributed by atoms with van der Waals surface area (Å²) in [5.41, 5.74) is 0.645. The zero-order valence-electron chi connectivity index (χ0n) is 11.4. The minimum atomic E-state index is -0.866.